The average Bonchev–Trinajstić information content (AvgIpc) is 3.16. The van der Waals surface area contributed by atoms with Crippen molar-refractivity contribution in [2.75, 3.05) is 26.8 Å². The van der Waals surface area contributed by atoms with Gasteiger partial charge in [-0.2, -0.15) is 0 Å². The Bertz CT molecular complexity index is 524. The van der Waals surface area contributed by atoms with Gasteiger partial charge < -0.3 is 4.89 Å². The zero-order chi connectivity index (χ0) is 22.7. The fourth-order valence-electron chi connectivity index (χ4n) is 3.91. The first-order chi connectivity index (χ1) is 15.0. The molecule has 0 spiro atoms. The molecule has 0 radical (unpaired) electrons. The summed E-state index contributed by atoms with van der Waals surface area (Å²) in [6.45, 7) is 3.37. The molecule has 1 aliphatic heterocycles. The van der Waals surface area contributed by atoms with Gasteiger partial charge in [0, 0.05) is 0 Å². The predicted molar refractivity (Wildman–Crippen MR) is 131 cm³/mol. The summed E-state index contributed by atoms with van der Waals surface area (Å²) < 4.78 is 22.7. The third-order valence-corrected chi connectivity index (χ3v) is 7.06. The van der Waals surface area contributed by atoms with Crippen molar-refractivity contribution in [3.63, 3.8) is 0 Å². The van der Waals surface area contributed by atoms with Crippen molar-refractivity contribution in [3.05, 3.63) is 24.6 Å². The minimum absolute atomic E-state index is 0.192. The molecule has 5 nitrogen and oxygen atoms in total. The molecule has 182 valence electrons. The lowest BCUT2D eigenvalue weighted by atomic mass is 10.0. The van der Waals surface area contributed by atoms with E-state index in [4.69, 9.17) is 9.05 Å². The van der Waals surface area contributed by atoms with Gasteiger partial charge in [0.1, 0.15) is 25.6 Å². The van der Waals surface area contributed by atoms with Gasteiger partial charge in [-0.3, -0.25) is 13.5 Å². The standard InChI is InChI=1S/C25H48NO4P/c1-3-4-5-6-7-8-9-10-11-12-13-14-15-16-17-20-24-29-31(27,28)30-25-23-26(2)21-18-19-22-26/h18-19,21-22H,3-17,20,23-25H2,1-2H3/p+1. The van der Waals surface area contributed by atoms with Crippen molar-refractivity contribution < 1.29 is 23.0 Å². The summed E-state index contributed by atoms with van der Waals surface area (Å²) in [6, 6.07) is 0. The molecule has 0 aromatic rings. The van der Waals surface area contributed by atoms with Gasteiger partial charge >= 0.3 is 7.82 Å². The Balaban J connectivity index is 1.81. The lowest BCUT2D eigenvalue weighted by molar-refractivity contribution is -0.804. The highest BCUT2D eigenvalue weighted by Gasteiger charge is 2.24. The third kappa shape index (κ3) is 16.8. The van der Waals surface area contributed by atoms with Crippen LogP contribution in [0.5, 0.6) is 0 Å². The summed E-state index contributed by atoms with van der Waals surface area (Å²) in [5, 5.41) is 0. The van der Waals surface area contributed by atoms with E-state index >= 15 is 0 Å². The second kappa shape index (κ2) is 18.0. The molecule has 0 saturated carbocycles. The molecule has 0 aromatic heterocycles. The van der Waals surface area contributed by atoms with E-state index in [9.17, 15) is 9.46 Å². The number of hydrogen-bond donors (Lipinski definition) is 1. The Morgan fingerprint density at radius 3 is 1.52 bits per heavy atom. The van der Waals surface area contributed by atoms with Crippen LogP contribution in [0.25, 0.3) is 0 Å². The fourth-order valence-corrected chi connectivity index (χ4v) is 4.66. The minimum Gasteiger partial charge on any atom is -0.302 e. The first kappa shape index (κ1) is 28.6. The van der Waals surface area contributed by atoms with Crippen molar-refractivity contribution in [2.24, 2.45) is 0 Å². The zero-order valence-electron chi connectivity index (χ0n) is 20.3. The van der Waals surface area contributed by atoms with Crippen molar-refractivity contribution in [1.29, 1.82) is 0 Å². The summed E-state index contributed by atoms with van der Waals surface area (Å²) >= 11 is 0. The Kier molecular flexibility index (Phi) is 16.6. The molecule has 1 heterocycles. The van der Waals surface area contributed by atoms with Crippen molar-refractivity contribution in [2.45, 2.75) is 110 Å². The van der Waals surface area contributed by atoms with Gasteiger partial charge in [0.05, 0.1) is 13.7 Å². The van der Waals surface area contributed by atoms with E-state index < -0.39 is 7.82 Å². The van der Waals surface area contributed by atoms with E-state index in [1.54, 1.807) is 0 Å². The SMILES string of the molecule is CCCCCCCCCCCCCCCCCCOP(=O)(O)OCC[N+]1(C)C=CC=C1. The summed E-state index contributed by atoms with van der Waals surface area (Å²) in [7, 11) is -1.91. The number of unbranched alkanes of at least 4 members (excludes halogenated alkanes) is 15. The lowest BCUT2D eigenvalue weighted by Crippen LogP contribution is -2.33. The molecule has 31 heavy (non-hydrogen) atoms. The van der Waals surface area contributed by atoms with Gasteiger partial charge in [0.2, 0.25) is 0 Å². The topological polar surface area (TPSA) is 55.8 Å². The highest BCUT2D eigenvalue weighted by molar-refractivity contribution is 7.47. The van der Waals surface area contributed by atoms with Crippen molar-refractivity contribution in [1.82, 2.24) is 0 Å². The Morgan fingerprint density at radius 1 is 0.677 bits per heavy atom. The van der Waals surface area contributed by atoms with Crippen LogP contribution in [0.1, 0.15) is 110 Å². The number of rotatable bonds is 22. The van der Waals surface area contributed by atoms with Crippen LogP contribution >= 0.6 is 7.82 Å². The van der Waals surface area contributed by atoms with Crippen LogP contribution in [0.4, 0.5) is 0 Å². The molecule has 1 unspecified atom stereocenters. The van der Waals surface area contributed by atoms with Crippen LogP contribution in [0, 0.1) is 0 Å². The minimum atomic E-state index is -3.93. The first-order valence-electron chi connectivity index (χ1n) is 12.8. The van der Waals surface area contributed by atoms with E-state index in [2.05, 4.69) is 6.92 Å². The molecule has 1 atom stereocenters. The Labute approximate surface area is 192 Å². The molecule has 0 amide bonds. The van der Waals surface area contributed by atoms with Crippen molar-refractivity contribution in [3.8, 4) is 0 Å². The van der Waals surface area contributed by atoms with Crippen LogP contribution in [-0.2, 0) is 13.6 Å². The fraction of sp³-hybridized carbons (Fsp3) is 0.840. The largest absolute Gasteiger partial charge is 0.472 e. The van der Waals surface area contributed by atoms with Crippen molar-refractivity contribution >= 4 is 7.82 Å². The number of likely N-dealkylation sites (N-methyl/N-ethyl adjacent to an activating group) is 1. The maximum Gasteiger partial charge on any atom is 0.472 e. The molecular weight excluding hydrogens is 409 g/mol. The van der Waals surface area contributed by atoms with Crippen LogP contribution in [0.15, 0.2) is 24.6 Å². The number of phosphoric acid groups is 1. The number of phosphoric ester groups is 1. The third-order valence-electron chi connectivity index (χ3n) is 6.04. The quantitative estimate of drug-likeness (QED) is 0.102. The second-order valence-electron chi connectivity index (χ2n) is 9.19. The Morgan fingerprint density at radius 2 is 1.06 bits per heavy atom. The van der Waals surface area contributed by atoms with E-state index in [0.717, 1.165) is 12.8 Å². The van der Waals surface area contributed by atoms with Gasteiger partial charge in [-0.1, -0.05) is 103 Å². The summed E-state index contributed by atoms with van der Waals surface area (Å²) in [5.41, 5.74) is 0. The molecule has 0 fully saturated rings. The molecule has 6 heteroatoms. The van der Waals surface area contributed by atoms with E-state index in [-0.39, 0.29) is 13.2 Å². The van der Waals surface area contributed by atoms with Crippen LogP contribution in [0.3, 0.4) is 0 Å². The smallest absolute Gasteiger partial charge is 0.302 e. The average molecular weight is 459 g/mol. The number of quaternary nitrogens is 1. The molecule has 0 saturated heterocycles. The molecule has 0 aliphatic carbocycles. The number of hydrogen-bond acceptors (Lipinski definition) is 3. The normalized spacial score (nSPS) is 16.7. The van der Waals surface area contributed by atoms with Crippen LogP contribution < -0.4 is 0 Å². The zero-order valence-corrected chi connectivity index (χ0v) is 21.2. The van der Waals surface area contributed by atoms with Crippen LogP contribution in [-0.4, -0.2) is 36.2 Å². The summed E-state index contributed by atoms with van der Waals surface area (Å²) in [5.74, 6) is 0. The van der Waals surface area contributed by atoms with E-state index in [1.807, 2.05) is 31.6 Å². The molecule has 1 aliphatic rings. The maximum atomic E-state index is 11.9. The van der Waals surface area contributed by atoms with E-state index in [0.29, 0.717) is 11.0 Å². The molecule has 0 aromatic carbocycles. The van der Waals surface area contributed by atoms with Gasteiger partial charge in [0.25, 0.3) is 0 Å². The molecule has 0 bridgehead atoms. The van der Waals surface area contributed by atoms with E-state index in [1.165, 1.54) is 89.9 Å². The molecule has 1 rings (SSSR count). The lowest BCUT2D eigenvalue weighted by Gasteiger charge is -2.23. The van der Waals surface area contributed by atoms with Gasteiger partial charge in [-0.05, 0) is 18.6 Å². The van der Waals surface area contributed by atoms with Crippen LogP contribution in [0.2, 0.25) is 0 Å². The summed E-state index contributed by atoms with van der Waals surface area (Å²) in [6.07, 6.45) is 28.9. The molecule has 1 N–H and O–H groups in total. The Hall–Kier alpha value is -0.450. The molecular formula is C25H49NO4P+. The first-order valence-corrected chi connectivity index (χ1v) is 14.3. The maximum absolute atomic E-state index is 11.9. The number of allylic oxidation sites excluding steroid dienone is 2. The predicted octanol–water partition coefficient (Wildman–Crippen LogP) is 7.87. The highest BCUT2D eigenvalue weighted by atomic mass is 31.2. The monoisotopic (exact) mass is 458 g/mol. The van der Waals surface area contributed by atoms with Gasteiger partial charge in [0.15, 0.2) is 0 Å². The number of nitrogens with zero attached hydrogens (tertiary/aromatic N) is 1. The summed E-state index contributed by atoms with van der Waals surface area (Å²) in [4.78, 5) is 9.77. The highest BCUT2D eigenvalue weighted by Crippen LogP contribution is 2.43. The van der Waals surface area contributed by atoms with Gasteiger partial charge in [-0.15, -0.1) is 0 Å². The van der Waals surface area contributed by atoms with Gasteiger partial charge in [-0.25, -0.2) is 4.57 Å². The second-order valence-corrected chi connectivity index (χ2v) is 10.6.